The maximum atomic E-state index is 11.3. The number of pyridine rings is 1. The Hall–Kier alpha value is -2.31. The smallest absolute Gasteiger partial charge is 0.337 e. The van der Waals surface area contributed by atoms with Gasteiger partial charge in [-0.25, -0.2) is 10.2 Å². The van der Waals surface area contributed by atoms with Crippen molar-refractivity contribution in [2.75, 3.05) is 16.9 Å². The molecule has 3 rings (SSSR count). The molecule has 6 nitrogen and oxygen atoms in total. The second kappa shape index (κ2) is 6.44. The molecule has 0 amide bonds. The van der Waals surface area contributed by atoms with E-state index in [9.17, 15) is 9.90 Å². The van der Waals surface area contributed by atoms with Crippen molar-refractivity contribution in [1.82, 2.24) is 10.4 Å². The van der Waals surface area contributed by atoms with Gasteiger partial charge in [-0.15, -0.1) is 0 Å². The molecule has 0 radical (unpaired) electrons. The van der Waals surface area contributed by atoms with E-state index in [0.717, 1.165) is 24.2 Å². The molecule has 1 unspecified atom stereocenters. The Morgan fingerprint density at radius 1 is 1.48 bits per heavy atom. The monoisotopic (exact) mass is 332 g/mol. The fourth-order valence-corrected chi connectivity index (χ4v) is 2.85. The van der Waals surface area contributed by atoms with E-state index in [4.69, 9.17) is 11.6 Å². The van der Waals surface area contributed by atoms with Gasteiger partial charge in [0.05, 0.1) is 23.1 Å². The summed E-state index contributed by atoms with van der Waals surface area (Å²) in [5.74, 6) is -0.996. The van der Waals surface area contributed by atoms with Crippen LogP contribution in [0, 0.1) is 0 Å². The van der Waals surface area contributed by atoms with Crippen molar-refractivity contribution in [3.8, 4) is 0 Å². The lowest BCUT2D eigenvalue weighted by Crippen LogP contribution is -2.37. The minimum Gasteiger partial charge on any atom is -0.478 e. The number of hydrazine groups is 1. The molecule has 1 aromatic carbocycles. The molecule has 1 aliphatic rings. The van der Waals surface area contributed by atoms with Crippen molar-refractivity contribution in [2.24, 2.45) is 0 Å². The molecule has 1 aliphatic heterocycles. The highest BCUT2D eigenvalue weighted by molar-refractivity contribution is 6.30. The van der Waals surface area contributed by atoms with Gasteiger partial charge in [-0.2, -0.15) is 0 Å². The molecular formula is C16H17ClN4O2. The van der Waals surface area contributed by atoms with Crippen molar-refractivity contribution in [3.63, 3.8) is 0 Å². The predicted octanol–water partition coefficient (Wildman–Crippen LogP) is 3.28. The number of carbonyl (C=O) groups is 1. The first-order valence-electron chi connectivity index (χ1n) is 7.37. The van der Waals surface area contributed by atoms with Crippen LogP contribution in [-0.2, 0) is 0 Å². The van der Waals surface area contributed by atoms with Crippen LogP contribution in [-0.4, -0.2) is 22.6 Å². The van der Waals surface area contributed by atoms with Gasteiger partial charge >= 0.3 is 5.97 Å². The van der Waals surface area contributed by atoms with Crippen molar-refractivity contribution in [3.05, 3.63) is 52.8 Å². The Labute approximate surface area is 139 Å². The number of hydrogen-bond acceptors (Lipinski definition) is 5. The number of rotatable bonds is 5. The molecule has 1 aromatic heterocycles. The number of carboxylic acids is 1. The number of fused-ring (bicyclic) bond motifs is 1. The average molecular weight is 333 g/mol. The number of aromatic nitrogens is 1. The van der Waals surface area contributed by atoms with Gasteiger partial charge in [-0.05, 0) is 30.7 Å². The summed E-state index contributed by atoms with van der Waals surface area (Å²) < 4.78 is 0. The van der Waals surface area contributed by atoms with Crippen molar-refractivity contribution in [1.29, 1.82) is 0 Å². The third-order valence-electron chi connectivity index (χ3n) is 3.67. The van der Waals surface area contributed by atoms with Gasteiger partial charge in [-0.3, -0.25) is 4.98 Å². The molecule has 2 heterocycles. The summed E-state index contributed by atoms with van der Waals surface area (Å²) in [6.45, 7) is 2.94. The van der Waals surface area contributed by atoms with Crippen LogP contribution in [0.25, 0.3) is 0 Å². The molecule has 2 aromatic rings. The van der Waals surface area contributed by atoms with E-state index < -0.39 is 5.97 Å². The Kier molecular flexibility index (Phi) is 4.36. The number of carboxylic acid groups (broad SMARTS) is 1. The number of benzene rings is 1. The molecule has 0 fully saturated rings. The molecule has 0 aliphatic carbocycles. The lowest BCUT2D eigenvalue weighted by Gasteiger charge is -2.21. The van der Waals surface area contributed by atoms with Crippen LogP contribution in [0.15, 0.2) is 36.7 Å². The second-order valence-corrected chi connectivity index (χ2v) is 5.72. The maximum Gasteiger partial charge on any atom is 0.337 e. The number of aromatic carboxylic acids is 1. The molecule has 7 heteroatoms. The first-order chi connectivity index (χ1) is 11.1. The average Bonchev–Trinajstić information content (AvgIpc) is 2.85. The normalized spacial score (nSPS) is 16.3. The predicted molar refractivity (Wildman–Crippen MR) is 89.8 cm³/mol. The number of nitrogens with zero attached hydrogens (tertiary/aromatic N) is 2. The van der Waals surface area contributed by atoms with Gasteiger partial charge < -0.3 is 15.4 Å². The molecule has 0 spiro atoms. The fraction of sp³-hybridized carbons (Fsp3) is 0.250. The van der Waals surface area contributed by atoms with E-state index in [-0.39, 0.29) is 11.7 Å². The highest BCUT2D eigenvalue weighted by Crippen LogP contribution is 2.35. The van der Waals surface area contributed by atoms with E-state index in [1.54, 1.807) is 0 Å². The first-order valence-corrected chi connectivity index (χ1v) is 7.75. The minimum absolute atomic E-state index is 0.180. The van der Waals surface area contributed by atoms with Gasteiger partial charge in [0.2, 0.25) is 0 Å². The fourth-order valence-electron chi connectivity index (χ4n) is 2.67. The Balaban J connectivity index is 1.93. The first kappa shape index (κ1) is 15.6. The zero-order valence-electron chi connectivity index (χ0n) is 12.6. The zero-order chi connectivity index (χ0) is 16.4. The lowest BCUT2D eigenvalue weighted by molar-refractivity contribution is 0.0697. The van der Waals surface area contributed by atoms with Crippen LogP contribution in [0.2, 0.25) is 5.02 Å². The summed E-state index contributed by atoms with van der Waals surface area (Å²) in [6, 6.07) is 7.17. The largest absolute Gasteiger partial charge is 0.478 e. The van der Waals surface area contributed by atoms with Gasteiger partial charge in [0.25, 0.3) is 0 Å². The quantitative estimate of drug-likeness (QED) is 0.780. The van der Waals surface area contributed by atoms with Gasteiger partial charge in [0.1, 0.15) is 6.17 Å². The van der Waals surface area contributed by atoms with Crippen LogP contribution in [0.5, 0.6) is 0 Å². The highest BCUT2D eigenvalue weighted by atomic mass is 35.5. The summed E-state index contributed by atoms with van der Waals surface area (Å²) in [4.78, 5) is 15.3. The van der Waals surface area contributed by atoms with Crippen LogP contribution < -0.4 is 15.8 Å². The van der Waals surface area contributed by atoms with E-state index in [1.165, 1.54) is 18.5 Å². The maximum absolute atomic E-state index is 11.3. The minimum atomic E-state index is -0.996. The molecule has 1 atom stereocenters. The van der Waals surface area contributed by atoms with Crippen LogP contribution in [0.4, 0.5) is 11.4 Å². The molecule has 0 bridgehead atoms. The summed E-state index contributed by atoms with van der Waals surface area (Å²) in [7, 11) is 0. The summed E-state index contributed by atoms with van der Waals surface area (Å²) >= 11 is 6.12. The number of hydrogen-bond donors (Lipinski definition) is 3. The Morgan fingerprint density at radius 3 is 3.04 bits per heavy atom. The zero-order valence-corrected chi connectivity index (χ0v) is 13.3. The van der Waals surface area contributed by atoms with Crippen LogP contribution in [0.1, 0.15) is 35.4 Å². The van der Waals surface area contributed by atoms with E-state index in [0.29, 0.717) is 10.7 Å². The second-order valence-electron chi connectivity index (χ2n) is 5.29. The lowest BCUT2D eigenvalue weighted by atomic mass is 10.1. The summed E-state index contributed by atoms with van der Waals surface area (Å²) in [5.41, 5.74) is 6.00. The molecule has 0 saturated carbocycles. The molecule has 120 valence electrons. The summed E-state index contributed by atoms with van der Waals surface area (Å²) in [6.07, 6.45) is 3.69. The van der Waals surface area contributed by atoms with E-state index in [1.807, 2.05) is 23.2 Å². The molecule has 3 N–H and O–H groups in total. The topological polar surface area (TPSA) is 77.5 Å². The van der Waals surface area contributed by atoms with E-state index in [2.05, 4.69) is 22.7 Å². The standard InChI is InChI=1S/C16H17ClN4O2/c1-2-7-21-14-4-3-10(17)8-12(14)15(20-21)19-13-9-18-6-5-11(13)16(22)23/h3-6,8-9,15,19-20H,2,7H2,1H3,(H,22,23). The van der Waals surface area contributed by atoms with Gasteiger partial charge in [-0.1, -0.05) is 18.5 Å². The SMILES string of the molecule is CCCN1NC(Nc2cnccc2C(=O)O)c2cc(Cl)ccc21. The number of halogens is 1. The van der Waals surface area contributed by atoms with Crippen molar-refractivity contribution >= 4 is 28.9 Å². The van der Waals surface area contributed by atoms with Gasteiger partial charge in [0, 0.05) is 23.3 Å². The third-order valence-corrected chi connectivity index (χ3v) is 3.91. The van der Waals surface area contributed by atoms with Crippen LogP contribution >= 0.6 is 11.6 Å². The van der Waals surface area contributed by atoms with Crippen molar-refractivity contribution in [2.45, 2.75) is 19.5 Å². The number of anilines is 2. The van der Waals surface area contributed by atoms with Crippen molar-refractivity contribution < 1.29 is 9.90 Å². The third kappa shape index (κ3) is 3.09. The molecule has 23 heavy (non-hydrogen) atoms. The molecular weight excluding hydrogens is 316 g/mol. The number of nitrogens with one attached hydrogen (secondary N) is 2. The Morgan fingerprint density at radius 2 is 2.30 bits per heavy atom. The molecule has 0 saturated heterocycles. The van der Waals surface area contributed by atoms with E-state index >= 15 is 0 Å². The van der Waals surface area contributed by atoms with Crippen LogP contribution in [0.3, 0.4) is 0 Å². The van der Waals surface area contributed by atoms with Gasteiger partial charge in [0.15, 0.2) is 0 Å². The summed E-state index contributed by atoms with van der Waals surface area (Å²) in [5, 5.41) is 15.2. The highest BCUT2D eigenvalue weighted by Gasteiger charge is 2.28. The Bertz CT molecular complexity index is 738.